The van der Waals surface area contributed by atoms with E-state index in [-0.39, 0.29) is 11.8 Å². The van der Waals surface area contributed by atoms with Gasteiger partial charge in [0.25, 0.3) is 0 Å². The molecule has 3 heterocycles. The average Bonchev–Trinajstić information content (AvgIpc) is 3.00. The van der Waals surface area contributed by atoms with E-state index < -0.39 is 30.7 Å². The Hall–Kier alpha value is -2.41. The number of halogens is 1. The van der Waals surface area contributed by atoms with Gasteiger partial charge in [0, 0.05) is 0 Å². The molecule has 9 heteroatoms. The zero-order valence-corrected chi connectivity index (χ0v) is 11.4. The minimum atomic E-state index is -2.54. The molecule has 116 valence electrons. The molecule has 1 aromatic heterocycles. The smallest absolute Gasteiger partial charge is 0.243 e. The number of nitrogens with one attached hydrogen (secondary N) is 1. The molecule has 1 saturated heterocycles. The van der Waals surface area contributed by atoms with Gasteiger partial charge in [0.15, 0.2) is 18.0 Å². The van der Waals surface area contributed by atoms with Gasteiger partial charge in [-0.05, 0) is 0 Å². The first kappa shape index (κ1) is 14.5. The van der Waals surface area contributed by atoms with Crippen molar-refractivity contribution in [1.29, 1.82) is 0 Å². The molecule has 0 amide bonds. The highest BCUT2D eigenvalue weighted by Gasteiger charge is 2.58. The molecule has 2 unspecified atom stereocenters. The molecule has 3 rings (SSSR count). The number of imidazole rings is 1. The Morgan fingerprint density at radius 1 is 1.68 bits per heavy atom. The van der Waals surface area contributed by atoms with Gasteiger partial charge in [0.05, 0.1) is 18.6 Å². The van der Waals surface area contributed by atoms with Crippen LogP contribution in [0.15, 0.2) is 17.9 Å². The van der Waals surface area contributed by atoms with Gasteiger partial charge in [-0.2, -0.15) is 4.99 Å². The van der Waals surface area contributed by atoms with Crippen molar-refractivity contribution in [2.45, 2.75) is 24.1 Å². The van der Waals surface area contributed by atoms with Crippen LogP contribution in [0.2, 0.25) is 0 Å². The van der Waals surface area contributed by atoms with Gasteiger partial charge >= 0.3 is 0 Å². The lowest BCUT2D eigenvalue weighted by atomic mass is 9.97. The van der Waals surface area contributed by atoms with Crippen LogP contribution in [-0.4, -0.2) is 50.2 Å². The summed E-state index contributed by atoms with van der Waals surface area (Å²) in [6.07, 6.45) is 2.26. The number of aromatic nitrogens is 2. The SMILES string of the molecule is C#C[C@@]1(F)C(O)C(CO)O[C@H]1n1cnc2c1N=C(N)NC2=C. The second-order valence-corrected chi connectivity index (χ2v) is 4.99. The topological polar surface area (TPSA) is 118 Å². The molecular weight excluding hydrogens is 293 g/mol. The largest absolute Gasteiger partial charge is 0.394 e. The minimum Gasteiger partial charge on any atom is -0.394 e. The summed E-state index contributed by atoms with van der Waals surface area (Å²) >= 11 is 0. The zero-order chi connectivity index (χ0) is 16.1. The molecule has 2 aliphatic heterocycles. The van der Waals surface area contributed by atoms with Gasteiger partial charge in [-0.1, -0.05) is 12.5 Å². The maximum absolute atomic E-state index is 15.0. The Kier molecular flexibility index (Phi) is 3.17. The third kappa shape index (κ3) is 1.82. The van der Waals surface area contributed by atoms with Crippen LogP contribution < -0.4 is 11.1 Å². The van der Waals surface area contributed by atoms with Crippen LogP contribution in [-0.2, 0) is 4.74 Å². The lowest BCUT2D eigenvalue weighted by Gasteiger charge is -2.25. The van der Waals surface area contributed by atoms with E-state index in [4.69, 9.17) is 16.9 Å². The molecular formula is C13H14FN5O3. The van der Waals surface area contributed by atoms with Crippen molar-refractivity contribution in [3.05, 3.63) is 18.6 Å². The summed E-state index contributed by atoms with van der Waals surface area (Å²) in [6, 6.07) is 0. The van der Waals surface area contributed by atoms with E-state index in [2.05, 4.69) is 21.9 Å². The molecule has 0 aliphatic carbocycles. The highest BCUT2D eigenvalue weighted by Crippen LogP contribution is 2.44. The lowest BCUT2D eigenvalue weighted by Crippen LogP contribution is -2.42. The number of hydrogen-bond donors (Lipinski definition) is 4. The highest BCUT2D eigenvalue weighted by molar-refractivity contribution is 5.93. The molecule has 0 saturated carbocycles. The molecule has 22 heavy (non-hydrogen) atoms. The number of hydrogen-bond acceptors (Lipinski definition) is 7. The van der Waals surface area contributed by atoms with Crippen molar-refractivity contribution in [3.63, 3.8) is 0 Å². The predicted octanol–water partition coefficient (Wildman–Crippen LogP) is -1.00. The third-order valence-electron chi connectivity index (χ3n) is 3.66. The molecule has 1 aromatic rings. The number of guanidine groups is 1. The summed E-state index contributed by atoms with van der Waals surface area (Å²) in [7, 11) is 0. The molecule has 0 spiro atoms. The van der Waals surface area contributed by atoms with Crippen LogP contribution in [0.5, 0.6) is 0 Å². The molecule has 1 fully saturated rings. The number of rotatable bonds is 2. The fourth-order valence-electron chi connectivity index (χ4n) is 2.53. The first-order valence-electron chi connectivity index (χ1n) is 6.40. The number of alkyl halides is 1. The van der Waals surface area contributed by atoms with Gasteiger partial charge in [0.2, 0.25) is 5.67 Å². The Bertz CT molecular complexity index is 709. The summed E-state index contributed by atoms with van der Waals surface area (Å²) in [6.45, 7) is 3.15. The van der Waals surface area contributed by atoms with Crippen molar-refractivity contribution >= 4 is 17.5 Å². The third-order valence-corrected chi connectivity index (χ3v) is 3.66. The summed E-state index contributed by atoms with van der Waals surface area (Å²) < 4.78 is 21.6. The monoisotopic (exact) mass is 307 g/mol. The first-order chi connectivity index (χ1) is 10.4. The minimum absolute atomic E-state index is 0.0571. The van der Waals surface area contributed by atoms with Gasteiger partial charge in [0.1, 0.15) is 17.9 Å². The predicted molar refractivity (Wildman–Crippen MR) is 75.4 cm³/mol. The van der Waals surface area contributed by atoms with Gasteiger partial charge in [-0.15, -0.1) is 6.42 Å². The van der Waals surface area contributed by atoms with Crippen molar-refractivity contribution in [1.82, 2.24) is 14.9 Å². The number of aliphatic hydroxyl groups is 2. The van der Waals surface area contributed by atoms with Crippen LogP contribution in [0.1, 0.15) is 11.9 Å². The van der Waals surface area contributed by atoms with Crippen molar-refractivity contribution < 1.29 is 19.3 Å². The molecule has 4 atom stereocenters. The zero-order valence-electron chi connectivity index (χ0n) is 11.4. The molecule has 5 N–H and O–H groups in total. The number of ether oxygens (including phenoxy) is 1. The quantitative estimate of drug-likeness (QED) is 0.520. The second-order valence-electron chi connectivity index (χ2n) is 4.99. The Morgan fingerprint density at radius 2 is 2.41 bits per heavy atom. The number of nitrogens with zero attached hydrogens (tertiary/aromatic N) is 3. The van der Waals surface area contributed by atoms with Gasteiger partial charge in [-0.25, -0.2) is 9.37 Å². The van der Waals surface area contributed by atoms with Crippen LogP contribution >= 0.6 is 0 Å². The van der Waals surface area contributed by atoms with E-state index in [9.17, 15) is 14.6 Å². The molecule has 8 nitrogen and oxygen atoms in total. The summed E-state index contributed by atoms with van der Waals surface area (Å²) in [5, 5.41) is 21.8. The Morgan fingerprint density at radius 3 is 3.05 bits per heavy atom. The number of terminal acetylenes is 1. The van der Waals surface area contributed by atoms with Crippen molar-refractivity contribution in [2.75, 3.05) is 6.61 Å². The highest BCUT2D eigenvalue weighted by atomic mass is 19.1. The van der Waals surface area contributed by atoms with E-state index in [1.165, 1.54) is 10.9 Å². The van der Waals surface area contributed by atoms with Crippen molar-refractivity contribution in [2.24, 2.45) is 10.7 Å². The second kappa shape index (κ2) is 4.81. The van der Waals surface area contributed by atoms with E-state index >= 15 is 0 Å². The fraction of sp³-hybridized carbons (Fsp3) is 0.385. The van der Waals surface area contributed by atoms with E-state index in [1.54, 1.807) is 0 Å². The number of nitrogens with two attached hydrogens (primary N) is 1. The lowest BCUT2D eigenvalue weighted by molar-refractivity contribution is -0.0512. The molecule has 0 radical (unpaired) electrons. The first-order valence-corrected chi connectivity index (χ1v) is 6.40. The van der Waals surface area contributed by atoms with Crippen LogP contribution in [0.3, 0.4) is 0 Å². The van der Waals surface area contributed by atoms with Crippen LogP contribution in [0, 0.1) is 12.3 Å². The van der Waals surface area contributed by atoms with Gasteiger partial charge in [-0.3, -0.25) is 4.57 Å². The standard InChI is InChI=1S/C13H14FN5O3/c1-3-13(14)9(21)7(4-20)22-11(13)19-5-16-8-6(2)17-12(15)18-10(8)19/h1,5,7,9,11,20-21H,2,4H2,(H3,15,17,18)/t7?,9?,11-,13-/m1/s1. The fourth-order valence-corrected chi connectivity index (χ4v) is 2.53. The van der Waals surface area contributed by atoms with Crippen molar-refractivity contribution in [3.8, 4) is 12.3 Å². The van der Waals surface area contributed by atoms with Gasteiger partial charge < -0.3 is 26.0 Å². The number of aliphatic imine (C=N–C) groups is 1. The molecule has 0 aromatic carbocycles. The maximum Gasteiger partial charge on any atom is 0.243 e. The summed E-state index contributed by atoms with van der Waals surface area (Å²) in [5.74, 6) is 2.16. The van der Waals surface area contributed by atoms with Crippen LogP contribution in [0.25, 0.3) is 5.70 Å². The summed E-state index contributed by atoms with van der Waals surface area (Å²) in [4.78, 5) is 8.11. The van der Waals surface area contributed by atoms with E-state index in [1.807, 2.05) is 5.92 Å². The number of fused-ring (bicyclic) bond motifs is 1. The number of aliphatic hydroxyl groups excluding tert-OH is 2. The maximum atomic E-state index is 15.0. The Balaban J connectivity index is 2.10. The molecule has 0 bridgehead atoms. The Labute approximate surface area is 125 Å². The summed E-state index contributed by atoms with van der Waals surface area (Å²) in [5.41, 5.74) is 3.83. The van der Waals surface area contributed by atoms with Crippen LogP contribution in [0.4, 0.5) is 10.2 Å². The molecule has 2 aliphatic rings. The normalized spacial score (nSPS) is 33.8. The van der Waals surface area contributed by atoms with E-state index in [0.29, 0.717) is 11.4 Å². The van der Waals surface area contributed by atoms with E-state index in [0.717, 1.165) is 0 Å². The average molecular weight is 307 g/mol.